The van der Waals surface area contributed by atoms with E-state index in [0.29, 0.717) is 47.3 Å². The fraction of sp³-hybridized carbons (Fsp3) is 0.147. The summed E-state index contributed by atoms with van der Waals surface area (Å²) in [6.45, 7) is 6.65. The number of fused-ring (bicyclic) bond motifs is 1. The van der Waals surface area contributed by atoms with Crippen LogP contribution in [-0.2, 0) is 0 Å². The van der Waals surface area contributed by atoms with Gasteiger partial charge in [-0.25, -0.2) is 10.2 Å². The van der Waals surface area contributed by atoms with Crippen molar-refractivity contribution >= 4 is 29.0 Å². The van der Waals surface area contributed by atoms with Gasteiger partial charge < -0.3 is 19.2 Å². The molecule has 1 aromatic heterocycles. The van der Waals surface area contributed by atoms with Gasteiger partial charge in [0.1, 0.15) is 11.4 Å². The van der Waals surface area contributed by atoms with Gasteiger partial charge in [0, 0.05) is 22.0 Å². The van der Waals surface area contributed by atoms with E-state index in [0.717, 1.165) is 27.6 Å². The Morgan fingerprint density at radius 1 is 0.833 bits per heavy atom. The summed E-state index contributed by atoms with van der Waals surface area (Å²) in [7, 11) is 0. The summed E-state index contributed by atoms with van der Waals surface area (Å²) in [4.78, 5) is 29.6. The number of benzene rings is 4. The normalized spacial score (nSPS) is 11.0. The van der Waals surface area contributed by atoms with Crippen molar-refractivity contribution in [2.75, 3.05) is 13.2 Å². The first-order valence-electron chi connectivity index (χ1n) is 13.7. The topological polar surface area (TPSA) is 102 Å². The number of esters is 1. The lowest BCUT2D eigenvalue weighted by atomic mass is 10.0. The van der Waals surface area contributed by atoms with Gasteiger partial charge in [0.25, 0.3) is 5.91 Å². The molecule has 0 radical (unpaired) electrons. The van der Waals surface area contributed by atoms with Crippen LogP contribution in [0.3, 0.4) is 0 Å². The van der Waals surface area contributed by atoms with Crippen molar-refractivity contribution in [3.05, 3.63) is 113 Å². The predicted octanol–water partition coefficient (Wildman–Crippen LogP) is 6.92. The predicted molar refractivity (Wildman–Crippen MR) is 164 cm³/mol. The molecular formula is C34H31N3O5. The molecule has 8 heteroatoms. The van der Waals surface area contributed by atoms with Crippen molar-refractivity contribution in [3.8, 4) is 28.4 Å². The van der Waals surface area contributed by atoms with Crippen LogP contribution in [0.2, 0.25) is 0 Å². The third-order valence-corrected chi connectivity index (χ3v) is 6.51. The van der Waals surface area contributed by atoms with Crippen molar-refractivity contribution in [3.63, 3.8) is 0 Å². The maximum Gasteiger partial charge on any atom is 0.343 e. The summed E-state index contributed by atoms with van der Waals surface area (Å²) in [6.07, 6.45) is 1.44. The van der Waals surface area contributed by atoms with E-state index < -0.39 is 11.9 Å². The summed E-state index contributed by atoms with van der Waals surface area (Å²) in [5.74, 6) is 0.350. The molecular weight excluding hydrogens is 530 g/mol. The molecule has 0 saturated heterocycles. The number of hydrazone groups is 1. The Balaban J connectivity index is 1.36. The summed E-state index contributed by atoms with van der Waals surface area (Å²) >= 11 is 0. The number of H-pyrrole nitrogens is 1. The second kappa shape index (κ2) is 12.9. The van der Waals surface area contributed by atoms with Gasteiger partial charge in [-0.3, -0.25) is 4.79 Å². The molecule has 0 saturated carbocycles. The van der Waals surface area contributed by atoms with Crippen molar-refractivity contribution in [2.24, 2.45) is 5.10 Å². The summed E-state index contributed by atoms with van der Waals surface area (Å²) in [5, 5.41) is 5.13. The number of aromatic nitrogens is 1. The molecule has 4 aromatic carbocycles. The zero-order valence-corrected chi connectivity index (χ0v) is 23.6. The number of aromatic amines is 1. The second-order valence-electron chi connectivity index (χ2n) is 9.44. The molecule has 0 spiro atoms. The molecule has 2 N–H and O–H groups in total. The average Bonchev–Trinajstić information content (AvgIpc) is 3.38. The van der Waals surface area contributed by atoms with Gasteiger partial charge in [-0.05, 0) is 68.8 Å². The maximum absolute atomic E-state index is 13.3. The summed E-state index contributed by atoms with van der Waals surface area (Å²) in [5.41, 5.74) is 7.51. The Morgan fingerprint density at radius 2 is 1.57 bits per heavy atom. The summed E-state index contributed by atoms with van der Waals surface area (Å²) < 4.78 is 16.9. The Kier molecular flexibility index (Phi) is 8.63. The van der Waals surface area contributed by atoms with Crippen molar-refractivity contribution in [1.29, 1.82) is 0 Å². The number of hydrogen-bond acceptors (Lipinski definition) is 6. The SMILES string of the molecule is CCOc1ccc(C(=O)Oc2ccccc2C=NNC(=O)c2[nH]c3ccc(C)cc3c2-c2ccccc2)cc1OCC. The zero-order valence-electron chi connectivity index (χ0n) is 23.6. The maximum atomic E-state index is 13.3. The van der Waals surface area contributed by atoms with Gasteiger partial charge in [0.05, 0.1) is 25.0 Å². The number of aryl methyl sites for hydroxylation is 1. The van der Waals surface area contributed by atoms with Crippen molar-refractivity contribution in [1.82, 2.24) is 10.4 Å². The molecule has 1 heterocycles. The van der Waals surface area contributed by atoms with Gasteiger partial charge in [-0.2, -0.15) is 5.10 Å². The molecule has 42 heavy (non-hydrogen) atoms. The Morgan fingerprint density at radius 3 is 2.36 bits per heavy atom. The molecule has 5 rings (SSSR count). The Bertz CT molecular complexity index is 1760. The zero-order chi connectivity index (χ0) is 29.5. The third-order valence-electron chi connectivity index (χ3n) is 6.51. The van der Waals surface area contributed by atoms with E-state index in [1.165, 1.54) is 6.21 Å². The molecule has 8 nitrogen and oxygen atoms in total. The lowest BCUT2D eigenvalue weighted by Crippen LogP contribution is -2.19. The van der Waals surface area contributed by atoms with Gasteiger partial charge in [-0.15, -0.1) is 0 Å². The number of amides is 1. The van der Waals surface area contributed by atoms with Gasteiger partial charge in [-0.1, -0.05) is 54.1 Å². The van der Waals surface area contributed by atoms with E-state index in [-0.39, 0.29) is 0 Å². The van der Waals surface area contributed by atoms with Crippen LogP contribution in [-0.4, -0.2) is 36.3 Å². The number of rotatable bonds is 10. The first-order chi connectivity index (χ1) is 20.5. The quantitative estimate of drug-likeness (QED) is 0.0834. The van der Waals surface area contributed by atoms with Crippen LogP contribution in [0.4, 0.5) is 0 Å². The fourth-order valence-corrected chi connectivity index (χ4v) is 4.61. The number of nitrogens with zero attached hydrogens (tertiary/aromatic N) is 1. The highest BCUT2D eigenvalue weighted by atomic mass is 16.5. The highest BCUT2D eigenvalue weighted by Crippen LogP contribution is 2.33. The van der Waals surface area contributed by atoms with Gasteiger partial charge in [0.15, 0.2) is 11.5 Å². The highest BCUT2D eigenvalue weighted by molar-refractivity contribution is 6.10. The molecule has 0 aliphatic heterocycles. The molecule has 0 aliphatic carbocycles. The molecule has 0 bridgehead atoms. The number of nitrogens with one attached hydrogen (secondary N) is 2. The third kappa shape index (κ3) is 6.18. The smallest absolute Gasteiger partial charge is 0.343 e. The van der Waals surface area contributed by atoms with Crippen LogP contribution in [0.5, 0.6) is 17.2 Å². The van der Waals surface area contributed by atoms with Crippen LogP contribution in [0.25, 0.3) is 22.0 Å². The van der Waals surface area contributed by atoms with Crippen LogP contribution in [0, 0.1) is 6.92 Å². The second-order valence-corrected chi connectivity index (χ2v) is 9.44. The lowest BCUT2D eigenvalue weighted by Gasteiger charge is -2.12. The fourth-order valence-electron chi connectivity index (χ4n) is 4.61. The average molecular weight is 562 g/mol. The number of ether oxygens (including phenoxy) is 3. The van der Waals surface area contributed by atoms with Crippen LogP contribution < -0.4 is 19.6 Å². The summed E-state index contributed by atoms with van der Waals surface area (Å²) in [6, 6.07) is 27.6. The van der Waals surface area contributed by atoms with Crippen LogP contribution in [0.1, 0.15) is 45.8 Å². The van der Waals surface area contributed by atoms with Gasteiger partial charge in [0.2, 0.25) is 0 Å². The lowest BCUT2D eigenvalue weighted by molar-refractivity contribution is 0.0733. The molecule has 0 atom stereocenters. The standard InChI is InChI=1S/C34H31N3O5/c1-4-40-29-18-16-24(20-30(29)41-5-2)34(39)42-28-14-10-9-13-25(28)21-35-37-33(38)32-31(23-11-7-6-8-12-23)26-19-22(3)15-17-27(26)36-32/h6-21,36H,4-5H2,1-3H3,(H,37,38). The van der Waals surface area contributed by atoms with Crippen LogP contribution in [0.15, 0.2) is 96.1 Å². The minimum Gasteiger partial charge on any atom is -0.490 e. The monoisotopic (exact) mass is 561 g/mol. The molecule has 0 fully saturated rings. The minimum absolute atomic E-state index is 0.290. The number of carbonyl (C=O) groups is 2. The first-order valence-corrected chi connectivity index (χ1v) is 13.7. The molecule has 5 aromatic rings. The number of hydrogen-bond donors (Lipinski definition) is 2. The van der Waals surface area contributed by atoms with Gasteiger partial charge >= 0.3 is 5.97 Å². The van der Waals surface area contributed by atoms with Crippen LogP contribution >= 0.6 is 0 Å². The number of para-hydroxylation sites is 1. The van der Waals surface area contributed by atoms with E-state index in [4.69, 9.17) is 14.2 Å². The highest BCUT2D eigenvalue weighted by Gasteiger charge is 2.19. The van der Waals surface area contributed by atoms with E-state index >= 15 is 0 Å². The molecule has 0 aliphatic rings. The van der Waals surface area contributed by atoms with Crippen molar-refractivity contribution < 1.29 is 23.8 Å². The van der Waals surface area contributed by atoms with E-state index in [9.17, 15) is 9.59 Å². The molecule has 1 amide bonds. The molecule has 0 unspecified atom stereocenters. The largest absolute Gasteiger partial charge is 0.490 e. The van der Waals surface area contributed by atoms with Crippen molar-refractivity contribution in [2.45, 2.75) is 20.8 Å². The van der Waals surface area contributed by atoms with E-state index in [1.54, 1.807) is 42.5 Å². The molecule has 212 valence electrons. The first kappa shape index (κ1) is 28.2. The Hall–Kier alpha value is -5.37. The number of carbonyl (C=O) groups excluding carboxylic acids is 2. The Labute approximate surface area is 243 Å². The van der Waals surface area contributed by atoms with E-state index in [1.807, 2.05) is 63.2 Å². The minimum atomic E-state index is -0.565. The van der Waals surface area contributed by atoms with E-state index in [2.05, 4.69) is 21.6 Å².